The molecule has 0 atom stereocenters. The number of hydrogen-bond donors (Lipinski definition) is 1. The molecule has 0 aliphatic carbocycles. The molecule has 0 saturated carbocycles. The van der Waals surface area contributed by atoms with Crippen molar-refractivity contribution >= 4 is 23.0 Å². The minimum Gasteiger partial charge on any atom is -0.338 e. The molecule has 1 aliphatic rings. The van der Waals surface area contributed by atoms with Gasteiger partial charge in [-0.1, -0.05) is 38.1 Å². The van der Waals surface area contributed by atoms with Crippen LogP contribution in [0, 0.1) is 0 Å². The molecule has 0 bridgehead atoms. The number of rotatable bonds is 5. The topological polar surface area (TPSA) is 35.6 Å². The number of para-hydroxylation sites is 3. The van der Waals surface area contributed by atoms with E-state index in [-0.39, 0.29) is 5.91 Å². The molecule has 0 unspecified atom stereocenters. The molecule has 1 aliphatic heterocycles. The molecule has 1 heterocycles. The predicted octanol–water partition coefficient (Wildman–Crippen LogP) is 3.73. The molecule has 0 saturated heterocycles. The molecule has 2 aromatic carbocycles. The van der Waals surface area contributed by atoms with Gasteiger partial charge in [0.05, 0.1) is 22.6 Å². The highest BCUT2D eigenvalue weighted by Crippen LogP contribution is 2.37. The van der Waals surface area contributed by atoms with E-state index < -0.39 is 0 Å². The van der Waals surface area contributed by atoms with Crippen LogP contribution in [-0.4, -0.2) is 37.0 Å². The maximum atomic E-state index is 12.5. The number of carbonyl (C=O) groups is 1. The van der Waals surface area contributed by atoms with Gasteiger partial charge in [-0.15, -0.1) is 0 Å². The van der Waals surface area contributed by atoms with Crippen LogP contribution in [0.5, 0.6) is 0 Å². The Bertz CT molecular complexity index is 695. The Hall–Kier alpha value is -2.33. The highest BCUT2D eigenvalue weighted by atomic mass is 16.1. The van der Waals surface area contributed by atoms with Gasteiger partial charge in [0.15, 0.2) is 0 Å². The zero-order chi connectivity index (χ0) is 16.2. The van der Waals surface area contributed by atoms with Crippen LogP contribution in [0.15, 0.2) is 48.5 Å². The number of anilines is 3. The minimum atomic E-state index is -0.0432. The monoisotopic (exact) mass is 309 g/mol. The highest BCUT2D eigenvalue weighted by Gasteiger charge is 2.24. The number of amides is 1. The van der Waals surface area contributed by atoms with Crippen LogP contribution in [0.25, 0.3) is 0 Å². The van der Waals surface area contributed by atoms with E-state index in [9.17, 15) is 4.79 Å². The number of fused-ring (bicyclic) bond motifs is 2. The highest BCUT2D eigenvalue weighted by molar-refractivity contribution is 6.12. The van der Waals surface area contributed by atoms with Crippen LogP contribution >= 0.6 is 0 Å². The summed E-state index contributed by atoms with van der Waals surface area (Å²) in [5, 5.41) is 3.03. The maximum Gasteiger partial charge on any atom is 0.257 e. The Morgan fingerprint density at radius 2 is 1.61 bits per heavy atom. The third kappa shape index (κ3) is 3.08. The summed E-state index contributed by atoms with van der Waals surface area (Å²) in [5.41, 5.74) is 3.62. The van der Waals surface area contributed by atoms with Gasteiger partial charge in [-0.25, -0.2) is 0 Å². The molecule has 1 N–H and O–H groups in total. The summed E-state index contributed by atoms with van der Waals surface area (Å²) in [6, 6.07) is 15.8. The Morgan fingerprint density at radius 1 is 0.957 bits per heavy atom. The van der Waals surface area contributed by atoms with Gasteiger partial charge >= 0.3 is 0 Å². The molecular formula is C19H23N3O. The molecule has 4 nitrogen and oxygen atoms in total. The normalized spacial score (nSPS) is 13.3. The van der Waals surface area contributed by atoms with Gasteiger partial charge < -0.3 is 15.1 Å². The molecule has 120 valence electrons. The average Bonchev–Trinajstić information content (AvgIpc) is 2.71. The van der Waals surface area contributed by atoms with Crippen LogP contribution in [0.1, 0.15) is 24.2 Å². The van der Waals surface area contributed by atoms with Crippen LogP contribution < -0.4 is 10.2 Å². The Labute approximate surface area is 137 Å². The van der Waals surface area contributed by atoms with E-state index in [4.69, 9.17) is 0 Å². The lowest BCUT2D eigenvalue weighted by Crippen LogP contribution is -2.33. The number of benzene rings is 2. The number of nitrogens with zero attached hydrogens (tertiary/aromatic N) is 2. The first-order valence-electron chi connectivity index (χ1n) is 8.24. The maximum absolute atomic E-state index is 12.5. The molecule has 2 aromatic rings. The molecule has 0 fully saturated rings. The fraction of sp³-hybridized carbons (Fsp3) is 0.316. The predicted molar refractivity (Wildman–Crippen MR) is 95.6 cm³/mol. The Kier molecular flexibility index (Phi) is 4.63. The lowest BCUT2D eigenvalue weighted by molar-refractivity contribution is 0.102. The van der Waals surface area contributed by atoms with Crippen molar-refractivity contribution in [2.75, 3.05) is 36.4 Å². The molecule has 0 radical (unpaired) electrons. The summed E-state index contributed by atoms with van der Waals surface area (Å²) in [6.45, 7) is 8.24. The minimum absolute atomic E-state index is 0.0432. The van der Waals surface area contributed by atoms with Crippen LogP contribution in [-0.2, 0) is 0 Å². The summed E-state index contributed by atoms with van der Waals surface area (Å²) in [5.74, 6) is -0.0432. The van der Waals surface area contributed by atoms with Crippen molar-refractivity contribution in [2.24, 2.45) is 0 Å². The molecular weight excluding hydrogens is 286 g/mol. The van der Waals surface area contributed by atoms with Crippen molar-refractivity contribution in [1.29, 1.82) is 0 Å². The number of likely N-dealkylation sites (N-methyl/N-ethyl adjacent to an activating group) is 1. The van der Waals surface area contributed by atoms with Gasteiger partial charge in [-0.2, -0.15) is 0 Å². The number of hydrogen-bond acceptors (Lipinski definition) is 3. The number of carbonyl (C=O) groups excluding carboxylic acids is 1. The third-order valence-corrected chi connectivity index (χ3v) is 4.42. The van der Waals surface area contributed by atoms with Crippen molar-refractivity contribution in [3.8, 4) is 0 Å². The van der Waals surface area contributed by atoms with E-state index in [1.165, 1.54) is 0 Å². The SMILES string of the molecule is CCN(CC)CCN1c2ccccc2NC(=O)c2ccccc21. The third-order valence-electron chi connectivity index (χ3n) is 4.42. The Morgan fingerprint density at radius 3 is 2.35 bits per heavy atom. The fourth-order valence-corrected chi connectivity index (χ4v) is 3.06. The fourth-order valence-electron chi connectivity index (χ4n) is 3.06. The van der Waals surface area contributed by atoms with E-state index in [0.717, 1.165) is 48.8 Å². The molecule has 0 spiro atoms. The average molecular weight is 309 g/mol. The largest absolute Gasteiger partial charge is 0.338 e. The summed E-state index contributed by atoms with van der Waals surface area (Å²) in [4.78, 5) is 17.2. The van der Waals surface area contributed by atoms with Gasteiger partial charge in [0.25, 0.3) is 5.91 Å². The van der Waals surface area contributed by atoms with Gasteiger partial charge in [-0.3, -0.25) is 4.79 Å². The molecule has 0 aromatic heterocycles. The van der Waals surface area contributed by atoms with Crippen LogP contribution in [0.4, 0.5) is 17.1 Å². The zero-order valence-corrected chi connectivity index (χ0v) is 13.7. The van der Waals surface area contributed by atoms with Crippen LogP contribution in [0.2, 0.25) is 0 Å². The lowest BCUT2D eigenvalue weighted by atomic mass is 10.1. The smallest absolute Gasteiger partial charge is 0.257 e. The summed E-state index contributed by atoms with van der Waals surface area (Å²) in [6.07, 6.45) is 0. The zero-order valence-electron chi connectivity index (χ0n) is 13.7. The van der Waals surface area contributed by atoms with Crippen LogP contribution in [0.3, 0.4) is 0 Å². The van der Waals surface area contributed by atoms with Gasteiger partial charge in [0, 0.05) is 13.1 Å². The quantitative estimate of drug-likeness (QED) is 0.914. The van der Waals surface area contributed by atoms with Gasteiger partial charge in [-0.05, 0) is 37.4 Å². The second-order valence-corrected chi connectivity index (χ2v) is 5.67. The molecule has 3 rings (SSSR count). The van der Waals surface area contributed by atoms with Gasteiger partial charge in [0.2, 0.25) is 0 Å². The van der Waals surface area contributed by atoms with Gasteiger partial charge in [0.1, 0.15) is 0 Å². The molecule has 4 heteroatoms. The lowest BCUT2D eigenvalue weighted by Gasteiger charge is -2.29. The second-order valence-electron chi connectivity index (χ2n) is 5.67. The first-order valence-corrected chi connectivity index (χ1v) is 8.24. The van der Waals surface area contributed by atoms with E-state index in [2.05, 4.69) is 35.0 Å². The van der Waals surface area contributed by atoms with Crippen molar-refractivity contribution in [3.63, 3.8) is 0 Å². The Balaban J connectivity index is 2.02. The first-order chi connectivity index (χ1) is 11.2. The summed E-state index contributed by atoms with van der Waals surface area (Å²) >= 11 is 0. The van der Waals surface area contributed by atoms with Crippen molar-refractivity contribution in [1.82, 2.24) is 4.90 Å². The molecule has 23 heavy (non-hydrogen) atoms. The van der Waals surface area contributed by atoms with Crippen molar-refractivity contribution < 1.29 is 4.79 Å². The first kappa shape index (κ1) is 15.6. The summed E-state index contributed by atoms with van der Waals surface area (Å²) < 4.78 is 0. The van der Waals surface area contributed by atoms with Crippen molar-refractivity contribution in [2.45, 2.75) is 13.8 Å². The van der Waals surface area contributed by atoms with E-state index in [0.29, 0.717) is 0 Å². The second kappa shape index (κ2) is 6.84. The van der Waals surface area contributed by atoms with E-state index >= 15 is 0 Å². The summed E-state index contributed by atoms with van der Waals surface area (Å²) in [7, 11) is 0. The number of nitrogens with one attached hydrogen (secondary N) is 1. The van der Waals surface area contributed by atoms with Crippen molar-refractivity contribution in [3.05, 3.63) is 54.1 Å². The van der Waals surface area contributed by atoms with E-state index in [1.54, 1.807) is 0 Å². The molecule has 1 amide bonds. The standard InChI is InChI=1S/C19H23N3O/c1-3-21(4-2)13-14-22-17-11-7-5-9-15(17)19(23)20-16-10-6-8-12-18(16)22/h5-12H,3-4,13-14H2,1-2H3,(H,20,23). The van der Waals surface area contributed by atoms with E-state index in [1.807, 2.05) is 42.5 Å².